The van der Waals surface area contributed by atoms with Crippen molar-refractivity contribution in [1.82, 2.24) is 9.62 Å². The van der Waals surface area contributed by atoms with Crippen LogP contribution in [-0.2, 0) is 6.54 Å². The van der Waals surface area contributed by atoms with Gasteiger partial charge in [0.2, 0.25) is 0 Å². The second kappa shape index (κ2) is 7.41. The highest BCUT2D eigenvalue weighted by Gasteiger charge is 2.24. The summed E-state index contributed by atoms with van der Waals surface area (Å²) in [5.41, 5.74) is 0. The lowest BCUT2D eigenvalue weighted by Crippen LogP contribution is -2.39. The second-order valence-corrected chi connectivity index (χ2v) is 6.40. The predicted octanol–water partition coefficient (Wildman–Crippen LogP) is 3.84. The molecule has 2 nitrogen and oxygen atoms in total. The van der Waals surface area contributed by atoms with Gasteiger partial charge in [-0.2, -0.15) is 0 Å². The monoisotopic (exact) mass is 272 g/mol. The fourth-order valence-electron chi connectivity index (χ4n) is 1.81. The van der Waals surface area contributed by atoms with E-state index in [-0.39, 0.29) is 0 Å². The molecule has 0 fully saturated rings. The van der Waals surface area contributed by atoms with Crippen molar-refractivity contribution in [3.8, 4) is 0 Å². The van der Waals surface area contributed by atoms with E-state index in [2.05, 4.69) is 42.0 Å². The van der Waals surface area contributed by atoms with Gasteiger partial charge in [-0.05, 0) is 36.4 Å². The zero-order chi connectivity index (χ0) is 12.8. The van der Waals surface area contributed by atoms with Crippen LogP contribution in [0.1, 0.15) is 32.6 Å². The number of rotatable bonds is 4. The lowest BCUT2D eigenvalue weighted by Gasteiger charge is -2.25. The Labute approximate surface area is 114 Å². The third kappa shape index (κ3) is 3.98. The van der Waals surface area contributed by atoms with Crippen LogP contribution in [-0.4, -0.2) is 23.9 Å². The van der Waals surface area contributed by atoms with Crippen molar-refractivity contribution in [3.63, 3.8) is 0 Å². The fourth-order valence-corrected chi connectivity index (χ4v) is 4.02. The first-order valence-electron chi connectivity index (χ1n) is 6.37. The van der Waals surface area contributed by atoms with Gasteiger partial charge < -0.3 is 5.32 Å². The van der Waals surface area contributed by atoms with Crippen molar-refractivity contribution in [2.24, 2.45) is 5.92 Å². The first-order chi connectivity index (χ1) is 8.20. The van der Waals surface area contributed by atoms with Gasteiger partial charge in [-0.25, -0.2) is 4.31 Å². The van der Waals surface area contributed by atoms with Gasteiger partial charge in [0.1, 0.15) is 0 Å². The van der Waals surface area contributed by atoms with Crippen LogP contribution in [0.5, 0.6) is 0 Å². The van der Waals surface area contributed by atoms with Gasteiger partial charge in [0.15, 0.2) is 0 Å². The van der Waals surface area contributed by atoms with E-state index >= 15 is 0 Å². The zero-order valence-corrected chi connectivity index (χ0v) is 13.1. The fraction of sp³-hybridized carbons (Fsp3) is 0.692. The van der Waals surface area contributed by atoms with Crippen LogP contribution >= 0.6 is 23.3 Å². The number of likely N-dealkylation sites (N-methyl/N-ethyl adjacent to an activating group) is 1. The first kappa shape index (κ1) is 15.0. The molecule has 1 N–H and O–H groups in total. The number of fused-ring (bicyclic) bond motifs is 1. The maximum Gasteiger partial charge on any atom is 0.0450 e. The highest BCUT2D eigenvalue weighted by Crippen LogP contribution is 2.39. The molecule has 2 heterocycles. The molecule has 98 valence electrons. The van der Waals surface area contributed by atoms with Crippen LogP contribution in [0, 0.1) is 5.92 Å². The highest BCUT2D eigenvalue weighted by molar-refractivity contribution is 7.97. The highest BCUT2D eigenvalue weighted by atomic mass is 32.2. The molecule has 1 unspecified atom stereocenters. The number of hydrogen-bond donors (Lipinski definition) is 1. The molecule has 0 aromatic carbocycles. The molecule has 0 aliphatic carbocycles. The normalized spacial score (nSPS) is 16.6. The lowest BCUT2D eigenvalue weighted by atomic mass is 10.1. The summed E-state index contributed by atoms with van der Waals surface area (Å²) < 4.78 is 2.46. The maximum atomic E-state index is 3.40. The zero-order valence-electron chi connectivity index (χ0n) is 11.5. The largest absolute Gasteiger partial charge is 0.315 e. The number of thiophene rings is 1. The maximum absolute atomic E-state index is 3.40. The molecule has 0 radical (unpaired) electrons. The van der Waals surface area contributed by atoms with Crippen LogP contribution in [0.3, 0.4) is 0 Å². The van der Waals surface area contributed by atoms with Gasteiger partial charge >= 0.3 is 0 Å². The molecule has 17 heavy (non-hydrogen) atoms. The summed E-state index contributed by atoms with van der Waals surface area (Å²) in [6.07, 6.45) is 0. The van der Waals surface area contributed by atoms with E-state index in [0.717, 1.165) is 13.1 Å². The van der Waals surface area contributed by atoms with Gasteiger partial charge in [-0.3, -0.25) is 0 Å². The van der Waals surface area contributed by atoms with Gasteiger partial charge in [-0.15, -0.1) is 11.3 Å². The van der Waals surface area contributed by atoms with Gasteiger partial charge in [0.05, 0.1) is 0 Å². The summed E-state index contributed by atoms with van der Waals surface area (Å²) in [6.45, 7) is 10.8. The molecule has 1 atom stereocenters. The van der Waals surface area contributed by atoms with Crippen LogP contribution in [0.25, 0.3) is 0 Å². The van der Waals surface area contributed by atoms with Crippen LogP contribution in [0.4, 0.5) is 0 Å². The SMILES string of the molecule is CC.CNC(CN1Cc2sccc2S1)C(C)C. The molecule has 0 spiro atoms. The molecule has 0 saturated heterocycles. The number of nitrogens with one attached hydrogen (secondary N) is 1. The number of hydrogen-bond acceptors (Lipinski definition) is 4. The quantitative estimate of drug-likeness (QED) is 0.838. The molecule has 1 aliphatic heterocycles. The average Bonchev–Trinajstić information content (AvgIpc) is 2.88. The Morgan fingerprint density at radius 1 is 1.41 bits per heavy atom. The molecule has 1 aromatic heterocycles. The van der Waals surface area contributed by atoms with Crippen LogP contribution in [0.2, 0.25) is 0 Å². The van der Waals surface area contributed by atoms with E-state index in [9.17, 15) is 0 Å². The summed E-state index contributed by atoms with van der Waals surface area (Å²) in [7, 11) is 2.06. The Bertz CT molecular complexity index is 302. The smallest absolute Gasteiger partial charge is 0.0450 e. The molecule has 0 bridgehead atoms. The third-order valence-corrected chi connectivity index (χ3v) is 4.98. The second-order valence-electron chi connectivity index (χ2n) is 4.26. The Kier molecular flexibility index (Phi) is 6.55. The first-order valence-corrected chi connectivity index (χ1v) is 8.02. The van der Waals surface area contributed by atoms with Crippen molar-refractivity contribution in [2.75, 3.05) is 13.6 Å². The Morgan fingerprint density at radius 3 is 2.65 bits per heavy atom. The lowest BCUT2D eigenvalue weighted by molar-refractivity contribution is 0.338. The molecule has 1 aliphatic rings. The molecule has 0 amide bonds. The van der Waals surface area contributed by atoms with Crippen molar-refractivity contribution < 1.29 is 0 Å². The molecular formula is C13H24N2S2. The van der Waals surface area contributed by atoms with Crippen molar-refractivity contribution in [1.29, 1.82) is 0 Å². The van der Waals surface area contributed by atoms with Gasteiger partial charge in [-0.1, -0.05) is 27.7 Å². The standard InChI is InChI=1S/C11H18N2S2.C2H6/c1-8(2)9(12-3)6-13-7-11-10(15-13)4-5-14-11;1-2/h4-5,8-9,12H,6-7H2,1-3H3;1-2H3. The predicted molar refractivity (Wildman–Crippen MR) is 79.6 cm³/mol. The molecule has 1 aromatic rings. The molecule has 2 rings (SSSR count). The average molecular weight is 272 g/mol. The minimum Gasteiger partial charge on any atom is -0.315 e. The van der Waals surface area contributed by atoms with Crippen molar-refractivity contribution in [2.45, 2.75) is 45.2 Å². The molecular weight excluding hydrogens is 248 g/mol. The number of nitrogens with zero attached hydrogens (tertiary/aromatic N) is 1. The van der Waals surface area contributed by atoms with E-state index in [1.54, 1.807) is 0 Å². The van der Waals surface area contributed by atoms with Crippen molar-refractivity contribution >= 4 is 23.3 Å². The van der Waals surface area contributed by atoms with E-state index in [0.29, 0.717) is 12.0 Å². The summed E-state index contributed by atoms with van der Waals surface area (Å²) in [5, 5.41) is 5.58. The topological polar surface area (TPSA) is 15.3 Å². The summed E-state index contributed by atoms with van der Waals surface area (Å²) in [5.74, 6) is 0.689. The van der Waals surface area contributed by atoms with Crippen LogP contribution in [0.15, 0.2) is 16.3 Å². The third-order valence-electron chi connectivity index (χ3n) is 2.83. The minimum atomic E-state index is 0.589. The Balaban J connectivity index is 0.000000686. The molecule has 4 heteroatoms. The van der Waals surface area contributed by atoms with Gasteiger partial charge in [0.25, 0.3) is 0 Å². The molecule has 0 saturated carbocycles. The van der Waals surface area contributed by atoms with Crippen molar-refractivity contribution in [3.05, 3.63) is 16.3 Å². The minimum absolute atomic E-state index is 0.589. The van der Waals surface area contributed by atoms with E-state index in [4.69, 9.17) is 0 Å². The van der Waals surface area contributed by atoms with Gasteiger partial charge in [0, 0.05) is 28.9 Å². The van der Waals surface area contributed by atoms with E-state index < -0.39 is 0 Å². The Hall–Kier alpha value is -0.0300. The van der Waals surface area contributed by atoms with E-state index in [1.807, 2.05) is 37.1 Å². The van der Waals surface area contributed by atoms with E-state index in [1.165, 1.54) is 9.77 Å². The summed E-state index contributed by atoms with van der Waals surface area (Å²) >= 11 is 3.78. The summed E-state index contributed by atoms with van der Waals surface area (Å²) in [6, 6.07) is 2.82. The van der Waals surface area contributed by atoms with Crippen LogP contribution < -0.4 is 5.32 Å². The Morgan fingerprint density at radius 2 is 2.12 bits per heavy atom. The summed E-state index contributed by atoms with van der Waals surface area (Å²) in [4.78, 5) is 2.98.